The minimum atomic E-state index is -0.324. The average molecular weight is 274 g/mol. The standard InChI is InChI=1S/C15H15FN2O2/c16-13-4-1-3-11(9-13)14-6-5-12(10-18-14)15(20)17-7-2-8-19/h1,3-6,9-10,19H,2,7-8H2,(H,17,20). The first-order chi connectivity index (χ1) is 9.70. The summed E-state index contributed by atoms with van der Waals surface area (Å²) in [6.07, 6.45) is 1.97. The summed E-state index contributed by atoms with van der Waals surface area (Å²) in [4.78, 5) is 15.9. The lowest BCUT2D eigenvalue weighted by Gasteiger charge is -2.05. The van der Waals surface area contributed by atoms with Crippen LogP contribution in [0.25, 0.3) is 11.3 Å². The molecule has 1 heterocycles. The Bertz CT molecular complexity index is 585. The van der Waals surface area contributed by atoms with Crippen LogP contribution in [0.3, 0.4) is 0 Å². The molecule has 0 unspecified atom stereocenters. The number of hydrogen-bond acceptors (Lipinski definition) is 3. The Morgan fingerprint density at radius 1 is 1.30 bits per heavy atom. The number of nitrogens with one attached hydrogen (secondary N) is 1. The van der Waals surface area contributed by atoms with E-state index in [1.165, 1.54) is 18.3 Å². The molecule has 2 rings (SSSR count). The first-order valence-corrected chi connectivity index (χ1v) is 6.32. The predicted molar refractivity (Wildman–Crippen MR) is 73.7 cm³/mol. The van der Waals surface area contributed by atoms with Crippen LogP contribution in [0, 0.1) is 5.82 Å². The normalized spacial score (nSPS) is 10.3. The summed E-state index contributed by atoms with van der Waals surface area (Å²) in [5.74, 6) is -0.563. The fraction of sp³-hybridized carbons (Fsp3) is 0.200. The SMILES string of the molecule is O=C(NCCCO)c1ccc(-c2cccc(F)c2)nc1. The van der Waals surface area contributed by atoms with E-state index in [0.29, 0.717) is 29.8 Å². The third-order valence-electron chi connectivity index (χ3n) is 2.77. The molecule has 1 aromatic carbocycles. The maximum Gasteiger partial charge on any atom is 0.252 e. The molecule has 5 heteroatoms. The minimum Gasteiger partial charge on any atom is -0.396 e. The monoisotopic (exact) mass is 274 g/mol. The number of carbonyl (C=O) groups is 1. The van der Waals surface area contributed by atoms with Gasteiger partial charge in [0.25, 0.3) is 5.91 Å². The van der Waals surface area contributed by atoms with E-state index in [4.69, 9.17) is 5.11 Å². The number of pyridine rings is 1. The van der Waals surface area contributed by atoms with Crippen LogP contribution in [0.4, 0.5) is 4.39 Å². The van der Waals surface area contributed by atoms with E-state index in [1.54, 1.807) is 24.3 Å². The highest BCUT2D eigenvalue weighted by atomic mass is 19.1. The summed E-state index contributed by atoms with van der Waals surface area (Å²) >= 11 is 0. The van der Waals surface area contributed by atoms with Crippen molar-refractivity contribution in [2.75, 3.05) is 13.2 Å². The van der Waals surface area contributed by atoms with E-state index in [1.807, 2.05) is 0 Å². The lowest BCUT2D eigenvalue weighted by atomic mass is 10.1. The molecule has 2 aromatic rings. The van der Waals surface area contributed by atoms with E-state index in [9.17, 15) is 9.18 Å². The van der Waals surface area contributed by atoms with E-state index < -0.39 is 0 Å². The second kappa shape index (κ2) is 6.77. The van der Waals surface area contributed by atoms with Gasteiger partial charge >= 0.3 is 0 Å². The number of aromatic nitrogens is 1. The molecule has 1 aromatic heterocycles. The van der Waals surface area contributed by atoms with Gasteiger partial charge in [-0.2, -0.15) is 0 Å². The summed E-state index contributed by atoms with van der Waals surface area (Å²) < 4.78 is 13.1. The van der Waals surface area contributed by atoms with Gasteiger partial charge in [0.1, 0.15) is 5.82 Å². The molecule has 0 radical (unpaired) electrons. The van der Waals surface area contributed by atoms with Crippen LogP contribution >= 0.6 is 0 Å². The highest BCUT2D eigenvalue weighted by molar-refractivity contribution is 5.94. The van der Waals surface area contributed by atoms with Crippen LogP contribution in [-0.2, 0) is 0 Å². The molecule has 0 fully saturated rings. The summed E-state index contributed by atoms with van der Waals surface area (Å²) in [5, 5.41) is 11.3. The van der Waals surface area contributed by atoms with Crippen LogP contribution in [-0.4, -0.2) is 29.1 Å². The van der Waals surface area contributed by atoms with E-state index in [-0.39, 0.29) is 18.3 Å². The van der Waals surface area contributed by atoms with Crippen molar-refractivity contribution in [1.29, 1.82) is 0 Å². The molecular formula is C15H15FN2O2. The molecule has 1 amide bonds. The lowest BCUT2D eigenvalue weighted by Crippen LogP contribution is -2.25. The third-order valence-corrected chi connectivity index (χ3v) is 2.77. The number of aliphatic hydroxyl groups excluding tert-OH is 1. The van der Waals surface area contributed by atoms with Gasteiger partial charge in [-0.1, -0.05) is 12.1 Å². The van der Waals surface area contributed by atoms with E-state index in [0.717, 1.165) is 0 Å². The van der Waals surface area contributed by atoms with Crippen LogP contribution in [0.1, 0.15) is 16.8 Å². The largest absolute Gasteiger partial charge is 0.396 e. The summed E-state index contributed by atoms with van der Waals surface area (Å²) in [5.41, 5.74) is 1.71. The van der Waals surface area contributed by atoms with E-state index in [2.05, 4.69) is 10.3 Å². The zero-order valence-electron chi connectivity index (χ0n) is 10.8. The van der Waals surface area contributed by atoms with Crippen LogP contribution in [0.5, 0.6) is 0 Å². The number of halogens is 1. The zero-order chi connectivity index (χ0) is 14.4. The van der Waals surface area contributed by atoms with Gasteiger partial charge in [0.2, 0.25) is 0 Å². The number of nitrogens with zero attached hydrogens (tertiary/aromatic N) is 1. The predicted octanol–water partition coefficient (Wildman–Crippen LogP) is 2.00. The second-order valence-corrected chi connectivity index (χ2v) is 4.28. The Morgan fingerprint density at radius 2 is 2.15 bits per heavy atom. The first-order valence-electron chi connectivity index (χ1n) is 6.32. The Morgan fingerprint density at radius 3 is 2.80 bits per heavy atom. The van der Waals surface area contributed by atoms with Crippen LogP contribution in [0.15, 0.2) is 42.6 Å². The fourth-order valence-corrected chi connectivity index (χ4v) is 1.73. The smallest absolute Gasteiger partial charge is 0.252 e. The van der Waals surface area contributed by atoms with Crippen molar-refractivity contribution < 1.29 is 14.3 Å². The van der Waals surface area contributed by atoms with Crippen molar-refractivity contribution in [2.24, 2.45) is 0 Å². The Hall–Kier alpha value is -2.27. The van der Waals surface area contributed by atoms with Crippen molar-refractivity contribution in [2.45, 2.75) is 6.42 Å². The third kappa shape index (κ3) is 3.61. The highest BCUT2D eigenvalue weighted by Crippen LogP contribution is 2.17. The van der Waals surface area contributed by atoms with Gasteiger partial charge in [0, 0.05) is 24.9 Å². The van der Waals surface area contributed by atoms with Crippen molar-refractivity contribution in [1.82, 2.24) is 10.3 Å². The summed E-state index contributed by atoms with van der Waals surface area (Å²) in [7, 11) is 0. The number of hydrogen-bond donors (Lipinski definition) is 2. The van der Waals surface area contributed by atoms with Crippen molar-refractivity contribution in [3.05, 3.63) is 54.0 Å². The number of aliphatic hydroxyl groups is 1. The fourth-order valence-electron chi connectivity index (χ4n) is 1.73. The summed E-state index contributed by atoms with van der Waals surface area (Å²) in [6.45, 7) is 0.456. The van der Waals surface area contributed by atoms with Crippen molar-refractivity contribution in [3.63, 3.8) is 0 Å². The molecular weight excluding hydrogens is 259 g/mol. The van der Waals surface area contributed by atoms with Gasteiger partial charge in [0.05, 0.1) is 11.3 Å². The molecule has 0 spiro atoms. The summed E-state index contributed by atoms with van der Waals surface area (Å²) in [6, 6.07) is 9.45. The van der Waals surface area contributed by atoms with Crippen molar-refractivity contribution in [3.8, 4) is 11.3 Å². The highest BCUT2D eigenvalue weighted by Gasteiger charge is 2.06. The van der Waals surface area contributed by atoms with Gasteiger partial charge in [-0.05, 0) is 30.7 Å². The van der Waals surface area contributed by atoms with Gasteiger partial charge in [-0.3, -0.25) is 9.78 Å². The maximum absolute atomic E-state index is 13.1. The minimum absolute atomic E-state index is 0.0387. The molecule has 4 nitrogen and oxygen atoms in total. The quantitative estimate of drug-likeness (QED) is 0.820. The van der Waals surface area contributed by atoms with Gasteiger partial charge in [-0.15, -0.1) is 0 Å². The van der Waals surface area contributed by atoms with Gasteiger partial charge in [-0.25, -0.2) is 4.39 Å². The molecule has 104 valence electrons. The molecule has 2 N–H and O–H groups in total. The molecule has 20 heavy (non-hydrogen) atoms. The van der Waals surface area contributed by atoms with Crippen LogP contribution in [0.2, 0.25) is 0 Å². The van der Waals surface area contributed by atoms with Crippen molar-refractivity contribution >= 4 is 5.91 Å². The Balaban J connectivity index is 2.08. The molecule has 0 atom stereocenters. The number of carbonyl (C=O) groups excluding carboxylic acids is 1. The number of rotatable bonds is 5. The first kappa shape index (κ1) is 14.1. The molecule has 0 aliphatic carbocycles. The number of amides is 1. The average Bonchev–Trinajstić information content (AvgIpc) is 2.47. The molecule has 0 saturated heterocycles. The molecule has 0 saturated carbocycles. The van der Waals surface area contributed by atoms with Crippen LogP contribution < -0.4 is 5.32 Å². The van der Waals surface area contributed by atoms with E-state index >= 15 is 0 Å². The Kier molecular flexibility index (Phi) is 4.79. The topological polar surface area (TPSA) is 62.2 Å². The number of benzene rings is 1. The van der Waals surface area contributed by atoms with Gasteiger partial charge in [0.15, 0.2) is 0 Å². The maximum atomic E-state index is 13.1. The molecule has 0 bridgehead atoms. The Labute approximate surface area is 116 Å². The molecule has 0 aliphatic rings. The lowest BCUT2D eigenvalue weighted by molar-refractivity contribution is 0.0951. The molecule has 0 aliphatic heterocycles. The zero-order valence-corrected chi connectivity index (χ0v) is 10.8. The van der Waals surface area contributed by atoms with Gasteiger partial charge < -0.3 is 10.4 Å². The second-order valence-electron chi connectivity index (χ2n) is 4.28.